The Morgan fingerprint density at radius 3 is 2.18 bits per heavy atom. The van der Waals surface area contributed by atoms with E-state index in [1.807, 2.05) is 13.8 Å². The molecule has 0 amide bonds. The van der Waals surface area contributed by atoms with E-state index in [0.717, 1.165) is 0 Å². The van der Waals surface area contributed by atoms with E-state index in [1.165, 1.54) is 0 Å². The quantitative estimate of drug-likeness (QED) is 0.521. The predicted molar refractivity (Wildman–Crippen MR) is 62.6 cm³/mol. The molecule has 0 aliphatic carbocycles. The summed E-state index contributed by atoms with van der Waals surface area (Å²) in [6.45, 7) is 7.53. The van der Waals surface area contributed by atoms with Crippen molar-refractivity contribution in [1.29, 1.82) is 0 Å². The number of ether oxygens (including phenoxy) is 2. The molecule has 0 radical (unpaired) electrons. The van der Waals surface area contributed by atoms with Crippen molar-refractivity contribution >= 4 is 11.9 Å². The first-order valence-electron chi connectivity index (χ1n) is 5.89. The first-order chi connectivity index (χ1) is 7.90. The third kappa shape index (κ3) is 4.34. The van der Waals surface area contributed by atoms with Crippen LogP contribution in [-0.4, -0.2) is 36.9 Å². The van der Waals surface area contributed by atoms with E-state index in [4.69, 9.17) is 9.47 Å². The van der Waals surface area contributed by atoms with Crippen LogP contribution in [0.25, 0.3) is 0 Å². The summed E-state index contributed by atoms with van der Waals surface area (Å²) in [6.07, 6.45) is 0.209. The van der Waals surface area contributed by atoms with E-state index in [9.17, 15) is 14.7 Å². The van der Waals surface area contributed by atoms with E-state index < -0.39 is 17.4 Å². The average Bonchev–Trinajstić information content (AvgIpc) is 2.23. The summed E-state index contributed by atoms with van der Waals surface area (Å²) >= 11 is 0. The van der Waals surface area contributed by atoms with Gasteiger partial charge in [0.25, 0.3) is 0 Å². The van der Waals surface area contributed by atoms with Gasteiger partial charge in [-0.3, -0.25) is 9.59 Å². The van der Waals surface area contributed by atoms with Crippen molar-refractivity contribution in [2.24, 2.45) is 11.3 Å². The highest BCUT2D eigenvalue weighted by atomic mass is 16.5. The van der Waals surface area contributed by atoms with Gasteiger partial charge in [-0.2, -0.15) is 0 Å². The maximum atomic E-state index is 11.9. The molecule has 1 unspecified atom stereocenters. The summed E-state index contributed by atoms with van der Waals surface area (Å²) in [7, 11) is 0. The monoisotopic (exact) mass is 246 g/mol. The zero-order chi connectivity index (χ0) is 13.5. The molecule has 100 valence electrons. The fraction of sp³-hybridized carbons (Fsp3) is 0.833. The van der Waals surface area contributed by atoms with Crippen LogP contribution in [-0.2, 0) is 19.1 Å². The van der Waals surface area contributed by atoms with Gasteiger partial charge in [-0.25, -0.2) is 0 Å². The molecule has 0 aliphatic rings. The minimum absolute atomic E-state index is 0.0657. The highest BCUT2D eigenvalue weighted by Crippen LogP contribution is 2.29. The van der Waals surface area contributed by atoms with Gasteiger partial charge < -0.3 is 14.6 Å². The van der Waals surface area contributed by atoms with Crippen molar-refractivity contribution in [3.63, 3.8) is 0 Å². The van der Waals surface area contributed by atoms with Gasteiger partial charge >= 0.3 is 11.9 Å². The fourth-order valence-electron chi connectivity index (χ4n) is 1.68. The SMILES string of the molecule is CCOCC(CC(C)C)(C(=O)O)C(=O)OCC. The number of carboxylic acid groups (broad SMARTS) is 1. The molecule has 0 aliphatic heterocycles. The second kappa shape index (κ2) is 7.27. The average molecular weight is 246 g/mol. The Balaban J connectivity index is 5.08. The van der Waals surface area contributed by atoms with Gasteiger partial charge in [0.15, 0.2) is 5.41 Å². The Morgan fingerprint density at radius 1 is 1.24 bits per heavy atom. The van der Waals surface area contributed by atoms with Gasteiger partial charge in [0.2, 0.25) is 0 Å². The first kappa shape index (κ1) is 15.9. The number of hydrogen-bond donors (Lipinski definition) is 1. The van der Waals surface area contributed by atoms with Gasteiger partial charge in [-0.1, -0.05) is 13.8 Å². The number of rotatable bonds is 8. The third-order valence-corrected chi connectivity index (χ3v) is 2.38. The third-order valence-electron chi connectivity index (χ3n) is 2.38. The molecule has 5 nitrogen and oxygen atoms in total. The molecular weight excluding hydrogens is 224 g/mol. The molecule has 1 N–H and O–H groups in total. The molecule has 0 fully saturated rings. The summed E-state index contributed by atoms with van der Waals surface area (Å²) in [6, 6.07) is 0. The number of aliphatic carboxylic acids is 1. The summed E-state index contributed by atoms with van der Waals surface area (Å²) in [5, 5.41) is 9.32. The van der Waals surface area contributed by atoms with E-state index in [1.54, 1.807) is 13.8 Å². The lowest BCUT2D eigenvalue weighted by Crippen LogP contribution is -2.45. The molecule has 0 heterocycles. The van der Waals surface area contributed by atoms with Crippen LogP contribution < -0.4 is 0 Å². The first-order valence-corrected chi connectivity index (χ1v) is 5.89. The molecular formula is C12H22O5. The second-order valence-corrected chi connectivity index (χ2v) is 4.34. The lowest BCUT2D eigenvalue weighted by Gasteiger charge is -2.28. The van der Waals surface area contributed by atoms with Crippen LogP contribution in [0.5, 0.6) is 0 Å². The summed E-state index contributed by atoms with van der Waals surface area (Å²) in [5.41, 5.74) is -1.58. The highest BCUT2D eigenvalue weighted by Gasteiger charge is 2.48. The van der Waals surface area contributed by atoms with Crippen molar-refractivity contribution < 1.29 is 24.2 Å². The highest BCUT2D eigenvalue weighted by molar-refractivity contribution is 5.99. The van der Waals surface area contributed by atoms with Crippen LogP contribution in [0, 0.1) is 11.3 Å². The molecule has 0 spiro atoms. The van der Waals surface area contributed by atoms with E-state index in [0.29, 0.717) is 6.61 Å². The normalized spacial score (nSPS) is 14.4. The maximum absolute atomic E-state index is 11.9. The number of hydrogen-bond acceptors (Lipinski definition) is 4. The molecule has 0 aromatic rings. The molecule has 0 rings (SSSR count). The maximum Gasteiger partial charge on any atom is 0.325 e. The Morgan fingerprint density at radius 2 is 1.82 bits per heavy atom. The van der Waals surface area contributed by atoms with Crippen molar-refractivity contribution in [1.82, 2.24) is 0 Å². The van der Waals surface area contributed by atoms with Crippen LogP contribution >= 0.6 is 0 Å². The number of carbonyl (C=O) groups is 2. The van der Waals surface area contributed by atoms with Crippen LogP contribution in [0.1, 0.15) is 34.1 Å². The molecule has 0 aromatic carbocycles. The van der Waals surface area contributed by atoms with Gasteiger partial charge in [-0.05, 0) is 26.2 Å². The molecule has 0 saturated heterocycles. The predicted octanol–water partition coefficient (Wildman–Crippen LogP) is 1.70. The largest absolute Gasteiger partial charge is 0.480 e. The van der Waals surface area contributed by atoms with Crippen molar-refractivity contribution in [3.05, 3.63) is 0 Å². The Kier molecular flexibility index (Phi) is 6.80. The smallest absolute Gasteiger partial charge is 0.325 e. The van der Waals surface area contributed by atoms with Gasteiger partial charge in [0, 0.05) is 6.61 Å². The topological polar surface area (TPSA) is 72.8 Å². The number of carboxylic acids is 1. The van der Waals surface area contributed by atoms with Crippen LogP contribution in [0.2, 0.25) is 0 Å². The molecule has 0 bridgehead atoms. The van der Waals surface area contributed by atoms with Gasteiger partial charge in [0.05, 0.1) is 13.2 Å². The Hall–Kier alpha value is -1.10. The standard InChI is InChI=1S/C12H22O5/c1-5-16-8-12(10(13)14,7-9(3)4)11(15)17-6-2/h9H,5-8H2,1-4H3,(H,13,14). The fourth-order valence-corrected chi connectivity index (χ4v) is 1.68. The van der Waals surface area contributed by atoms with Gasteiger partial charge in [0.1, 0.15) is 0 Å². The summed E-state index contributed by atoms with van der Waals surface area (Å²) in [4.78, 5) is 23.3. The van der Waals surface area contributed by atoms with Crippen molar-refractivity contribution in [2.45, 2.75) is 34.1 Å². The lowest BCUT2D eigenvalue weighted by molar-refractivity contribution is -0.175. The van der Waals surface area contributed by atoms with E-state index >= 15 is 0 Å². The Bertz CT molecular complexity index is 262. The summed E-state index contributed by atoms with van der Waals surface area (Å²) in [5.74, 6) is -1.83. The van der Waals surface area contributed by atoms with Crippen molar-refractivity contribution in [3.8, 4) is 0 Å². The van der Waals surface area contributed by atoms with E-state index in [2.05, 4.69) is 0 Å². The molecule has 1 atom stereocenters. The van der Waals surface area contributed by atoms with Crippen LogP contribution in [0.3, 0.4) is 0 Å². The summed E-state index contributed by atoms with van der Waals surface area (Å²) < 4.78 is 10.0. The van der Waals surface area contributed by atoms with Crippen LogP contribution in [0.15, 0.2) is 0 Å². The van der Waals surface area contributed by atoms with Crippen molar-refractivity contribution in [2.75, 3.05) is 19.8 Å². The minimum atomic E-state index is -1.58. The zero-order valence-electron chi connectivity index (χ0n) is 11.0. The lowest BCUT2D eigenvalue weighted by atomic mass is 9.80. The zero-order valence-corrected chi connectivity index (χ0v) is 11.0. The second-order valence-electron chi connectivity index (χ2n) is 4.34. The molecule has 0 saturated carbocycles. The molecule has 5 heteroatoms. The Labute approximate surface area is 102 Å². The number of carbonyl (C=O) groups excluding carboxylic acids is 1. The molecule has 17 heavy (non-hydrogen) atoms. The minimum Gasteiger partial charge on any atom is -0.480 e. The number of esters is 1. The van der Waals surface area contributed by atoms with Gasteiger partial charge in [-0.15, -0.1) is 0 Å². The molecule has 0 aromatic heterocycles. The van der Waals surface area contributed by atoms with Crippen LogP contribution in [0.4, 0.5) is 0 Å². The van der Waals surface area contributed by atoms with E-state index in [-0.39, 0.29) is 25.6 Å².